The zero-order valence-electron chi connectivity index (χ0n) is 22.8. The highest BCUT2D eigenvalue weighted by molar-refractivity contribution is 5.96. The number of nitrogens with zero attached hydrogens (tertiary/aromatic N) is 3. The number of aromatic nitrogens is 3. The van der Waals surface area contributed by atoms with Crippen molar-refractivity contribution < 1.29 is 0 Å². The largest absolute Gasteiger partial charge is 0.256 e. The highest BCUT2D eigenvalue weighted by Crippen LogP contribution is 2.34. The summed E-state index contributed by atoms with van der Waals surface area (Å²) in [6.45, 7) is 0. The summed E-state index contributed by atoms with van der Waals surface area (Å²) in [6.07, 6.45) is 1.85. The standard InChI is InChI=1S/C39H25N3/c1-2-10-31-24-32(22-17-26(31)8-1)37-25-36(41-39(42-37)35-16-5-11-27-9-3-4-14-33(27)35)29-20-18-28(19-21-29)34-15-6-12-30-13-7-23-40-38(30)34/h1-25H. The number of rotatable bonds is 4. The maximum atomic E-state index is 5.14. The van der Waals surface area contributed by atoms with E-state index in [1.54, 1.807) is 0 Å². The first kappa shape index (κ1) is 24.2. The number of fused-ring (bicyclic) bond motifs is 3. The van der Waals surface area contributed by atoms with E-state index in [1.807, 2.05) is 12.3 Å². The van der Waals surface area contributed by atoms with Crippen LogP contribution < -0.4 is 0 Å². The highest BCUT2D eigenvalue weighted by Gasteiger charge is 2.14. The fourth-order valence-corrected chi connectivity index (χ4v) is 5.79. The monoisotopic (exact) mass is 535 g/mol. The van der Waals surface area contributed by atoms with Crippen LogP contribution in [0.5, 0.6) is 0 Å². The van der Waals surface area contributed by atoms with Gasteiger partial charge in [-0.05, 0) is 45.3 Å². The quantitative estimate of drug-likeness (QED) is 0.225. The summed E-state index contributed by atoms with van der Waals surface area (Å²) in [5, 5.41) is 5.85. The van der Waals surface area contributed by atoms with Gasteiger partial charge in [0.05, 0.1) is 16.9 Å². The van der Waals surface area contributed by atoms with Crippen LogP contribution in [0.1, 0.15) is 0 Å². The fraction of sp³-hybridized carbons (Fsp3) is 0. The fourth-order valence-electron chi connectivity index (χ4n) is 5.79. The molecule has 0 spiro atoms. The van der Waals surface area contributed by atoms with Crippen LogP contribution >= 0.6 is 0 Å². The molecule has 6 aromatic carbocycles. The Morgan fingerprint density at radius 2 is 1.00 bits per heavy atom. The molecule has 0 fully saturated rings. The molecule has 196 valence electrons. The molecular weight excluding hydrogens is 510 g/mol. The van der Waals surface area contributed by atoms with E-state index in [0.717, 1.165) is 61.3 Å². The van der Waals surface area contributed by atoms with Gasteiger partial charge in [-0.3, -0.25) is 4.98 Å². The van der Waals surface area contributed by atoms with Crippen molar-refractivity contribution in [1.29, 1.82) is 0 Å². The smallest absolute Gasteiger partial charge is 0.161 e. The van der Waals surface area contributed by atoms with Gasteiger partial charge in [-0.1, -0.05) is 127 Å². The average Bonchev–Trinajstić information content (AvgIpc) is 3.07. The first-order valence-corrected chi connectivity index (χ1v) is 14.1. The Hall–Kier alpha value is -5.67. The molecule has 0 unspecified atom stereocenters. The highest BCUT2D eigenvalue weighted by atomic mass is 14.9. The van der Waals surface area contributed by atoms with Gasteiger partial charge < -0.3 is 0 Å². The maximum absolute atomic E-state index is 5.14. The summed E-state index contributed by atoms with van der Waals surface area (Å²) >= 11 is 0. The van der Waals surface area contributed by atoms with E-state index >= 15 is 0 Å². The maximum Gasteiger partial charge on any atom is 0.161 e. The van der Waals surface area contributed by atoms with Crippen molar-refractivity contribution in [2.75, 3.05) is 0 Å². The Bertz CT molecular complexity index is 2240. The van der Waals surface area contributed by atoms with Crippen LogP contribution in [-0.4, -0.2) is 15.0 Å². The van der Waals surface area contributed by atoms with Crippen LogP contribution in [-0.2, 0) is 0 Å². The molecule has 0 bridgehead atoms. The molecule has 0 saturated heterocycles. The van der Waals surface area contributed by atoms with Gasteiger partial charge in [-0.2, -0.15) is 0 Å². The molecule has 3 nitrogen and oxygen atoms in total. The summed E-state index contributed by atoms with van der Waals surface area (Å²) in [6, 6.07) is 50.8. The molecule has 42 heavy (non-hydrogen) atoms. The van der Waals surface area contributed by atoms with E-state index in [0.29, 0.717) is 0 Å². The minimum absolute atomic E-state index is 0.717. The number of para-hydroxylation sites is 1. The zero-order chi connectivity index (χ0) is 27.9. The van der Waals surface area contributed by atoms with E-state index in [2.05, 4.69) is 145 Å². The van der Waals surface area contributed by atoms with Crippen molar-refractivity contribution >= 4 is 32.4 Å². The molecule has 0 saturated carbocycles. The van der Waals surface area contributed by atoms with E-state index in [1.165, 1.54) is 16.2 Å². The van der Waals surface area contributed by atoms with Crippen molar-refractivity contribution in [2.45, 2.75) is 0 Å². The van der Waals surface area contributed by atoms with Crippen LogP contribution in [0.4, 0.5) is 0 Å². The lowest BCUT2D eigenvalue weighted by Crippen LogP contribution is -1.96. The lowest BCUT2D eigenvalue weighted by atomic mass is 9.99. The summed E-state index contributed by atoms with van der Waals surface area (Å²) < 4.78 is 0. The summed E-state index contributed by atoms with van der Waals surface area (Å²) in [7, 11) is 0. The molecule has 2 aromatic heterocycles. The lowest BCUT2D eigenvalue weighted by Gasteiger charge is -2.12. The molecule has 8 rings (SSSR count). The van der Waals surface area contributed by atoms with Gasteiger partial charge in [0.15, 0.2) is 5.82 Å². The zero-order valence-corrected chi connectivity index (χ0v) is 22.8. The number of hydrogen-bond acceptors (Lipinski definition) is 3. The third-order valence-corrected chi connectivity index (χ3v) is 7.93. The number of benzene rings is 6. The minimum atomic E-state index is 0.717. The Morgan fingerprint density at radius 1 is 0.381 bits per heavy atom. The van der Waals surface area contributed by atoms with Crippen LogP contribution in [0.25, 0.3) is 77.5 Å². The second kappa shape index (κ2) is 10.1. The van der Waals surface area contributed by atoms with Gasteiger partial charge in [0.2, 0.25) is 0 Å². The van der Waals surface area contributed by atoms with Gasteiger partial charge in [0.1, 0.15) is 0 Å². The normalized spacial score (nSPS) is 11.3. The van der Waals surface area contributed by atoms with Crippen LogP contribution in [0, 0.1) is 0 Å². The molecule has 8 aromatic rings. The molecule has 0 aliphatic carbocycles. The van der Waals surface area contributed by atoms with Crippen molar-refractivity contribution in [2.24, 2.45) is 0 Å². The SMILES string of the molecule is c1ccc2cc(-c3cc(-c4ccc(-c5cccc6cccnc56)cc4)nc(-c4cccc5ccccc45)n3)ccc2c1. The Balaban J connectivity index is 1.29. The summed E-state index contributed by atoms with van der Waals surface area (Å²) in [5.41, 5.74) is 8.17. The molecular formula is C39H25N3. The van der Waals surface area contributed by atoms with E-state index < -0.39 is 0 Å². The predicted octanol–water partition coefficient (Wildman–Crippen LogP) is 10.00. The summed E-state index contributed by atoms with van der Waals surface area (Å²) in [5.74, 6) is 0.717. The topological polar surface area (TPSA) is 38.7 Å². The molecule has 0 atom stereocenters. The van der Waals surface area contributed by atoms with Gasteiger partial charge in [-0.15, -0.1) is 0 Å². The van der Waals surface area contributed by atoms with Gasteiger partial charge >= 0.3 is 0 Å². The van der Waals surface area contributed by atoms with Crippen LogP contribution in [0.3, 0.4) is 0 Å². The molecule has 0 amide bonds. The molecule has 0 aliphatic heterocycles. The Morgan fingerprint density at radius 3 is 1.86 bits per heavy atom. The van der Waals surface area contributed by atoms with Crippen molar-refractivity contribution in [1.82, 2.24) is 15.0 Å². The Labute approximate surface area is 243 Å². The first-order valence-electron chi connectivity index (χ1n) is 14.1. The first-order chi connectivity index (χ1) is 20.8. The lowest BCUT2D eigenvalue weighted by molar-refractivity contribution is 1.19. The number of hydrogen-bond donors (Lipinski definition) is 0. The predicted molar refractivity (Wildman–Crippen MR) is 174 cm³/mol. The molecule has 0 N–H and O–H groups in total. The summed E-state index contributed by atoms with van der Waals surface area (Å²) in [4.78, 5) is 14.9. The second-order valence-corrected chi connectivity index (χ2v) is 10.5. The van der Waals surface area contributed by atoms with Crippen molar-refractivity contribution in [3.05, 3.63) is 152 Å². The molecule has 0 radical (unpaired) electrons. The van der Waals surface area contributed by atoms with Gasteiger partial charge in [0.25, 0.3) is 0 Å². The number of pyridine rings is 1. The third kappa shape index (κ3) is 4.29. The molecule has 2 heterocycles. The second-order valence-electron chi connectivity index (χ2n) is 10.5. The van der Waals surface area contributed by atoms with Crippen LogP contribution in [0.15, 0.2) is 152 Å². The van der Waals surface area contributed by atoms with E-state index in [9.17, 15) is 0 Å². The van der Waals surface area contributed by atoms with E-state index in [-0.39, 0.29) is 0 Å². The van der Waals surface area contributed by atoms with Crippen molar-refractivity contribution in [3.8, 4) is 45.0 Å². The Kier molecular flexibility index (Phi) is 5.79. The van der Waals surface area contributed by atoms with E-state index in [4.69, 9.17) is 9.97 Å². The van der Waals surface area contributed by atoms with Gasteiger partial charge in [-0.25, -0.2) is 9.97 Å². The van der Waals surface area contributed by atoms with Gasteiger partial charge in [0, 0.05) is 33.8 Å². The van der Waals surface area contributed by atoms with Crippen LogP contribution in [0.2, 0.25) is 0 Å². The van der Waals surface area contributed by atoms with Crippen molar-refractivity contribution in [3.63, 3.8) is 0 Å². The molecule has 3 heteroatoms. The minimum Gasteiger partial charge on any atom is -0.256 e. The average molecular weight is 536 g/mol. The molecule has 0 aliphatic rings. The third-order valence-electron chi connectivity index (χ3n) is 7.93.